The Kier molecular flexibility index (Phi) is 5.94. The van der Waals surface area contributed by atoms with Gasteiger partial charge in [0.05, 0.1) is 5.69 Å². The number of aromatic nitrogens is 1. The molecule has 2 aromatic rings. The third-order valence-electron chi connectivity index (χ3n) is 3.14. The summed E-state index contributed by atoms with van der Waals surface area (Å²) in [5.74, 6) is -0.0537. The van der Waals surface area contributed by atoms with Gasteiger partial charge < -0.3 is 10.2 Å². The normalized spacial score (nSPS) is 11.0. The molecule has 22 heavy (non-hydrogen) atoms. The predicted octanol–water partition coefficient (Wildman–Crippen LogP) is 3.45. The van der Waals surface area contributed by atoms with Crippen molar-refractivity contribution in [1.82, 2.24) is 15.2 Å². The summed E-state index contributed by atoms with van der Waals surface area (Å²) in [5, 5.41) is 4.43. The molecule has 0 unspecified atom stereocenters. The van der Waals surface area contributed by atoms with Crippen LogP contribution in [0.1, 0.15) is 21.8 Å². The number of carbonyl (C=O) groups excluding carboxylic acids is 1. The molecule has 1 heterocycles. The Bertz CT molecular complexity index is 655. The highest BCUT2D eigenvalue weighted by Gasteiger charge is 2.15. The highest BCUT2D eigenvalue weighted by molar-refractivity contribution is 7.17. The molecule has 0 saturated heterocycles. The first-order chi connectivity index (χ1) is 10.5. The molecule has 1 amide bonds. The van der Waals surface area contributed by atoms with Gasteiger partial charge in [-0.2, -0.15) is 0 Å². The molecule has 0 aliphatic rings. The maximum absolute atomic E-state index is 12.2. The minimum absolute atomic E-state index is 0.0537. The van der Waals surface area contributed by atoms with E-state index in [0.717, 1.165) is 29.2 Å². The van der Waals surface area contributed by atoms with Gasteiger partial charge in [0.25, 0.3) is 5.91 Å². The second-order valence-electron chi connectivity index (χ2n) is 5.36. The number of hydrogen-bond donors (Lipinski definition) is 1. The molecular weight excluding hydrogens is 318 g/mol. The van der Waals surface area contributed by atoms with Gasteiger partial charge in [-0.25, -0.2) is 4.98 Å². The van der Waals surface area contributed by atoms with Crippen molar-refractivity contribution in [3.8, 4) is 10.6 Å². The number of carbonyl (C=O) groups is 1. The number of benzene rings is 1. The third kappa shape index (κ3) is 4.53. The van der Waals surface area contributed by atoms with E-state index in [1.807, 2.05) is 45.3 Å². The molecule has 0 radical (unpaired) electrons. The second kappa shape index (κ2) is 7.72. The Morgan fingerprint density at radius 3 is 2.86 bits per heavy atom. The molecule has 0 fully saturated rings. The van der Waals surface area contributed by atoms with Crippen molar-refractivity contribution in [2.75, 3.05) is 27.2 Å². The predicted molar refractivity (Wildman–Crippen MR) is 92.8 cm³/mol. The summed E-state index contributed by atoms with van der Waals surface area (Å²) in [6.07, 6.45) is 0.928. The third-order valence-corrected chi connectivity index (χ3v) is 4.58. The fraction of sp³-hybridized carbons (Fsp3) is 0.375. The standard InChI is InChI=1S/C16H20ClN3OS/c1-11-14(15(21)18-8-5-9-20(2)3)22-16(19-11)12-6-4-7-13(17)10-12/h4,6-7,10H,5,8-9H2,1-3H3,(H,18,21). The van der Waals surface area contributed by atoms with Crippen LogP contribution in [0.15, 0.2) is 24.3 Å². The van der Waals surface area contributed by atoms with Gasteiger partial charge in [-0.3, -0.25) is 4.79 Å². The fourth-order valence-electron chi connectivity index (χ4n) is 2.03. The Morgan fingerprint density at radius 1 is 1.41 bits per heavy atom. The SMILES string of the molecule is Cc1nc(-c2cccc(Cl)c2)sc1C(=O)NCCCN(C)C. The first-order valence-electron chi connectivity index (χ1n) is 7.13. The minimum Gasteiger partial charge on any atom is -0.351 e. The summed E-state index contributed by atoms with van der Waals surface area (Å²) in [7, 11) is 4.04. The quantitative estimate of drug-likeness (QED) is 0.821. The smallest absolute Gasteiger partial charge is 0.263 e. The molecule has 1 aromatic carbocycles. The second-order valence-corrected chi connectivity index (χ2v) is 6.79. The average molecular weight is 338 g/mol. The summed E-state index contributed by atoms with van der Waals surface area (Å²) in [6, 6.07) is 7.51. The van der Waals surface area contributed by atoms with Crippen LogP contribution < -0.4 is 5.32 Å². The van der Waals surface area contributed by atoms with Crippen molar-refractivity contribution < 1.29 is 4.79 Å². The van der Waals surface area contributed by atoms with Crippen LogP contribution >= 0.6 is 22.9 Å². The topological polar surface area (TPSA) is 45.2 Å². The van der Waals surface area contributed by atoms with E-state index in [-0.39, 0.29) is 5.91 Å². The molecule has 118 valence electrons. The lowest BCUT2D eigenvalue weighted by atomic mass is 10.2. The Labute approximate surface area is 140 Å². The molecular formula is C16H20ClN3OS. The van der Waals surface area contributed by atoms with Gasteiger partial charge in [-0.05, 0) is 46.1 Å². The van der Waals surface area contributed by atoms with E-state index in [1.54, 1.807) is 0 Å². The first-order valence-corrected chi connectivity index (χ1v) is 8.33. The van der Waals surface area contributed by atoms with E-state index >= 15 is 0 Å². The van der Waals surface area contributed by atoms with Crippen LogP contribution in [0.3, 0.4) is 0 Å². The molecule has 0 atom stereocenters. The number of amides is 1. The fourth-order valence-corrected chi connectivity index (χ4v) is 3.20. The molecule has 0 saturated carbocycles. The largest absolute Gasteiger partial charge is 0.351 e. The lowest BCUT2D eigenvalue weighted by Gasteiger charge is -2.09. The molecule has 0 bridgehead atoms. The van der Waals surface area contributed by atoms with Crippen LogP contribution in [-0.4, -0.2) is 43.0 Å². The maximum atomic E-state index is 12.2. The Hall–Kier alpha value is -1.43. The Balaban J connectivity index is 2.05. The van der Waals surface area contributed by atoms with Crippen LogP contribution in [0.2, 0.25) is 5.02 Å². The van der Waals surface area contributed by atoms with Crippen LogP contribution in [0, 0.1) is 6.92 Å². The molecule has 0 spiro atoms. The van der Waals surface area contributed by atoms with E-state index in [1.165, 1.54) is 11.3 Å². The molecule has 2 rings (SSSR count). The Morgan fingerprint density at radius 2 is 2.18 bits per heavy atom. The van der Waals surface area contributed by atoms with Gasteiger partial charge in [-0.15, -0.1) is 11.3 Å². The molecule has 0 aliphatic heterocycles. The van der Waals surface area contributed by atoms with Crippen molar-refractivity contribution in [2.24, 2.45) is 0 Å². The van der Waals surface area contributed by atoms with Crippen molar-refractivity contribution in [3.05, 3.63) is 39.9 Å². The van der Waals surface area contributed by atoms with Crippen molar-refractivity contribution in [2.45, 2.75) is 13.3 Å². The summed E-state index contributed by atoms with van der Waals surface area (Å²) < 4.78 is 0. The number of nitrogens with zero attached hydrogens (tertiary/aromatic N) is 2. The van der Waals surface area contributed by atoms with E-state index in [9.17, 15) is 4.79 Å². The van der Waals surface area contributed by atoms with Crippen LogP contribution in [0.4, 0.5) is 0 Å². The lowest BCUT2D eigenvalue weighted by Crippen LogP contribution is -2.26. The zero-order valence-electron chi connectivity index (χ0n) is 13.0. The van der Waals surface area contributed by atoms with Crippen molar-refractivity contribution in [3.63, 3.8) is 0 Å². The van der Waals surface area contributed by atoms with E-state index in [2.05, 4.69) is 15.2 Å². The number of rotatable bonds is 6. The van der Waals surface area contributed by atoms with Crippen LogP contribution in [0.25, 0.3) is 10.6 Å². The number of hydrogen-bond acceptors (Lipinski definition) is 4. The summed E-state index contributed by atoms with van der Waals surface area (Å²) >= 11 is 7.41. The summed E-state index contributed by atoms with van der Waals surface area (Å²) in [6.45, 7) is 3.48. The van der Waals surface area contributed by atoms with Gasteiger partial charge in [0, 0.05) is 17.1 Å². The van der Waals surface area contributed by atoms with E-state index in [4.69, 9.17) is 11.6 Å². The maximum Gasteiger partial charge on any atom is 0.263 e. The zero-order chi connectivity index (χ0) is 16.1. The summed E-state index contributed by atoms with van der Waals surface area (Å²) in [4.78, 5) is 19.5. The van der Waals surface area contributed by atoms with Gasteiger partial charge in [-0.1, -0.05) is 23.7 Å². The van der Waals surface area contributed by atoms with Gasteiger partial charge in [0.15, 0.2) is 0 Å². The highest BCUT2D eigenvalue weighted by Crippen LogP contribution is 2.29. The molecule has 1 N–H and O–H groups in total. The molecule has 1 aromatic heterocycles. The highest BCUT2D eigenvalue weighted by atomic mass is 35.5. The number of aryl methyl sites for hydroxylation is 1. The number of thiazole rings is 1. The minimum atomic E-state index is -0.0537. The van der Waals surface area contributed by atoms with Crippen molar-refractivity contribution >= 4 is 28.8 Å². The molecule has 4 nitrogen and oxygen atoms in total. The van der Waals surface area contributed by atoms with Crippen LogP contribution in [0.5, 0.6) is 0 Å². The molecule has 0 aliphatic carbocycles. The first kappa shape index (κ1) is 16.9. The van der Waals surface area contributed by atoms with Gasteiger partial charge in [0.1, 0.15) is 9.88 Å². The summed E-state index contributed by atoms with van der Waals surface area (Å²) in [5.41, 5.74) is 1.69. The molecule has 6 heteroatoms. The zero-order valence-corrected chi connectivity index (χ0v) is 14.6. The van der Waals surface area contributed by atoms with E-state index < -0.39 is 0 Å². The van der Waals surface area contributed by atoms with Crippen molar-refractivity contribution in [1.29, 1.82) is 0 Å². The average Bonchev–Trinajstić information content (AvgIpc) is 2.85. The van der Waals surface area contributed by atoms with Gasteiger partial charge >= 0.3 is 0 Å². The lowest BCUT2D eigenvalue weighted by molar-refractivity contribution is 0.0955. The van der Waals surface area contributed by atoms with Gasteiger partial charge in [0.2, 0.25) is 0 Å². The number of halogens is 1. The van der Waals surface area contributed by atoms with E-state index in [0.29, 0.717) is 16.4 Å². The monoisotopic (exact) mass is 337 g/mol. The van der Waals surface area contributed by atoms with Crippen LogP contribution in [-0.2, 0) is 0 Å². The number of nitrogens with one attached hydrogen (secondary N) is 1.